The first-order valence-electron chi connectivity index (χ1n) is 9.03. The van der Waals surface area contributed by atoms with E-state index in [9.17, 15) is 0 Å². The van der Waals surface area contributed by atoms with Gasteiger partial charge in [-0.1, -0.05) is 55.8 Å². The van der Waals surface area contributed by atoms with Crippen LogP contribution in [0.5, 0.6) is 0 Å². The van der Waals surface area contributed by atoms with Crippen molar-refractivity contribution in [1.29, 1.82) is 0 Å². The van der Waals surface area contributed by atoms with Crippen LogP contribution < -0.4 is 10.6 Å². The number of halogens is 1. The molecule has 0 radical (unpaired) electrons. The number of aromatic nitrogens is 1. The van der Waals surface area contributed by atoms with Gasteiger partial charge < -0.3 is 15.2 Å². The van der Waals surface area contributed by atoms with Gasteiger partial charge in [-0.2, -0.15) is 0 Å². The molecule has 1 unspecified atom stereocenters. The summed E-state index contributed by atoms with van der Waals surface area (Å²) in [6.07, 6.45) is 0. The third-order valence-electron chi connectivity index (χ3n) is 4.09. The largest absolute Gasteiger partial charge is 0.359 e. The van der Waals surface area contributed by atoms with Crippen LogP contribution in [-0.4, -0.2) is 24.2 Å². The summed E-state index contributed by atoms with van der Waals surface area (Å²) in [6, 6.07) is 10.6. The Labute approximate surface area is 174 Å². The smallest absolute Gasteiger partial charge is 0.191 e. The van der Waals surface area contributed by atoms with E-state index in [1.54, 1.807) is 0 Å². The molecule has 1 atom stereocenters. The van der Waals surface area contributed by atoms with Crippen molar-refractivity contribution in [2.75, 3.05) is 13.1 Å². The molecule has 0 amide bonds. The van der Waals surface area contributed by atoms with Crippen LogP contribution in [0.15, 0.2) is 39.8 Å². The molecule has 6 heteroatoms. The monoisotopic (exact) mass is 470 g/mol. The molecule has 5 nitrogen and oxygen atoms in total. The number of nitrogens with zero attached hydrogens (tertiary/aromatic N) is 2. The minimum absolute atomic E-state index is 0. The first kappa shape index (κ1) is 22.5. The lowest BCUT2D eigenvalue weighted by Gasteiger charge is -2.16. The van der Waals surface area contributed by atoms with E-state index in [0.29, 0.717) is 18.4 Å². The first-order chi connectivity index (χ1) is 12.0. The van der Waals surface area contributed by atoms with E-state index in [2.05, 4.69) is 79.7 Å². The van der Waals surface area contributed by atoms with Gasteiger partial charge in [0.15, 0.2) is 11.7 Å². The van der Waals surface area contributed by atoms with Crippen LogP contribution in [0.1, 0.15) is 62.1 Å². The zero-order chi connectivity index (χ0) is 18.2. The van der Waals surface area contributed by atoms with Gasteiger partial charge in [0.25, 0.3) is 0 Å². The topological polar surface area (TPSA) is 62.5 Å². The summed E-state index contributed by atoms with van der Waals surface area (Å²) in [5.74, 6) is 2.35. The minimum atomic E-state index is 0. The molecule has 0 fully saturated rings. The summed E-state index contributed by atoms with van der Waals surface area (Å²) >= 11 is 0. The Balaban J connectivity index is 0.00000338. The Bertz CT molecular complexity index is 697. The van der Waals surface area contributed by atoms with Crippen molar-refractivity contribution in [3.8, 4) is 0 Å². The van der Waals surface area contributed by atoms with E-state index in [1.165, 1.54) is 11.1 Å². The van der Waals surface area contributed by atoms with Crippen molar-refractivity contribution in [2.45, 2.75) is 53.0 Å². The molecule has 2 rings (SSSR count). The minimum Gasteiger partial charge on any atom is -0.359 e. The van der Waals surface area contributed by atoms with Crippen LogP contribution in [-0.2, 0) is 6.54 Å². The summed E-state index contributed by atoms with van der Waals surface area (Å²) in [6.45, 7) is 12.7. The van der Waals surface area contributed by atoms with Crippen molar-refractivity contribution < 1.29 is 4.52 Å². The molecular weight excluding hydrogens is 439 g/mol. The summed E-state index contributed by atoms with van der Waals surface area (Å²) in [4.78, 5) is 4.60. The fourth-order valence-electron chi connectivity index (χ4n) is 2.52. The summed E-state index contributed by atoms with van der Waals surface area (Å²) in [5, 5.41) is 10.8. The SMILES string of the molecule is CCNC(=NCc1cc(C(C)C)no1)NCC(C)c1cccc(C)c1.I. The molecule has 0 aliphatic rings. The van der Waals surface area contributed by atoms with Gasteiger partial charge in [-0.3, -0.25) is 0 Å². The second kappa shape index (κ2) is 11.2. The molecule has 26 heavy (non-hydrogen) atoms. The summed E-state index contributed by atoms with van der Waals surface area (Å²) in [7, 11) is 0. The Hall–Kier alpha value is -1.57. The number of benzene rings is 1. The van der Waals surface area contributed by atoms with Crippen molar-refractivity contribution in [3.63, 3.8) is 0 Å². The Morgan fingerprint density at radius 3 is 2.58 bits per heavy atom. The predicted octanol–water partition coefficient (Wildman–Crippen LogP) is 4.58. The molecule has 1 heterocycles. The maximum absolute atomic E-state index is 5.35. The van der Waals surface area contributed by atoms with Gasteiger partial charge in [-0.15, -0.1) is 24.0 Å². The van der Waals surface area contributed by atoms with Crippen LogP contribution in [0.3, 0.4) is 0 Å². The van der Waals surface area contributed by atoms with Crippen LogP contribution in [0, 0.1) is 6.92 Å². The maximum Gasteiger partial charge on any atom is 0.191 e. The van der Waals surface area contributed by atoms with Crippen molar-refractivity contribution >= 4 is 29.9 Å². The highest BCUT2D eigenvalue weighted by Gasteiger charge is 2.09. The van der Waals surface area contributed by atoms with Crippen molar-refractivity contribution in [1.82, 2.24) is 15.8 Å². The van der Waals surface area contributed by atoms with E-state index in [4.69, 9.17) is 4.52 Å². The molecule has 1 aromatic carbocycles. The van der Waals surface area contributed by atoms with Crippen LogP contribution in [0.25, 0.3) is 0 Å². The van der Waals surface area contributed by atoms with E-state index < -0.39 is 0 Å². The molecule has 2 N–H and O–H groups in total. The van der Waals surface area contributed by atoms with Gasteiger partial charge in [0, 0.05) is 19.2 Å². The zero-order valence-electron chi connectivity index (χ0n) is 16.4. The van der Waals surface area contributed by atoms with E-state index in [-0.39, 0.29) is 24.0 Å². The number of aryl methyl sites for hydroxylation is 1. The first-order valence-corrected chi connectivity index (χ1v) is 9.03. The third-order valence-corrected chi connectivity index (χ3v) is 4.09. The fourth-order valence-corrected chi connectivity index (χ4v) is 2.52. The third kappa shape index (κ3) is 6.97. The normalized spacial score (nSPS) is 12.6. The van der Waals surface area contributed by atoms with Crippen LogP contribution in [0.2, 0.25) is 0 Å². The van der Waals surface area contributed by atoms with E-state index >= 15 is 0 Å². The standard InChI is InChI=1S/C20H30N4O.HI/c1-6-21-20(23-13-18-11-19(14(2)3)24-25-18)22-12-16(5)17-9-7-8-15(4)10-17;/h7-11,14,16H,6,12-13H2,1-5H3,(H2,21,22,23);1H. The lowest BCUT2D eigenvalue weighted by Crippen LogP contribution is -2.39. The molecule has 144 valence electrons. The molecule has 0 aliphatic heterocycles. The van der Waals surface area contributed by atoms with Gasteiger partial charge in [0.1, 0.15) is 6.54 Å². The van der Waals surface area contributed by atoms with Gasteiger partial charge in [0.05, 0.1) is 5.69 Å². The van der Waals surface area contributed by atoms with E-state index in [1.807, 2.05) is 6.07 Å². The molecule has 0 saturated heterocycles. The zero-order valence-corrected chi connectivity index (χ0v) is 18.7. The number of rotatable bonds is 7. The van der Waals surface area contributed by atoms with Gasteiger partial charge in [-0.05, 0) is 31.2 Å². The average Bonchev–Trinajstić information content (AvgIpc) is 3.06. The number of hydrogen-bond acceptors (Lipinski definition) is 3. The molecule has 0 bridgehead atoms. The lowest BCUT2D eigenvalue weighted by atomic mass is 9.99. The fraction of sp³-hybridized carbons (Fsp3) is 0.500. The highest BCUT2D eigenvalue weighted by molar-refractivity contribution is 14.0. The Kier molecular flexibility index (Phi) is 9.69. The van der Waals surface area contributed by atoms with Crippen molar-refractivity contribution in [2.24, 2.45) is 4.99 Å². The summed E-state index contributed by atoms with van der Waals surface area (Å²) in [5.41, 5.74) is 3.59. The highest BCUT2D eigenvalue weighted by Crippen LogP contribution is 2.16. The maximum atomic E-state index is 5.35. The second-order valence-corrected chi connectivity index (χ2v) is 6.76. The Morgan fingerprint density at radius 1 is 1.19 bits per heavy atom. The highest BCUT2D eigenvalue weighted by atomic mass is 127. The van der Waals surface area contributed by atoms with Gasteiger partial charge in [0.2, 0.25) is 0 Å². The predicted molar refractivity (Wildman–Crippen MR) is 118 cm³/mol. The van der Waals surface area contributed by atoms with Gasteiger partial charge >= 0.3 is 0 Å². The van der Waals surface area contributed by atoms with E-state index in [0.717, 1.165) is 30.5 Å². The molecule has 1 aromatic heterocycles. The lowest BCUT2D eigenvalue weighted by molar-refractivity contribution is 0.376. The number of aliphatic imine (C=N–C) groups is 1. The molecule has 0 aliphatic carbocycles. The van der Waals surface area contributed by atoms with Crippen LogP contribution >= 0.6 is 24.0 Å². The van der Waals surface area contributed by atoms with Crippen LogP contribution in [0.4, 0.5) is 0 Å². The number of guanidine groups is 1. The van der Waals surface area contributed by atoms with Crippen molar-refractivity contribution in [3.05, 3.63) is 52.9 Å². The Morgan fingerprint density at radius 2 is 1.96 bits per heavy atom. The average molecular weight is 470 g/mol. The number of nitrogens with one attached hydrogen (secondary N) is 2. The molecular formula is C20H31IN4O. The quantitative estimate of drug-likeness (QED) is 0.353. The molecule has 0 spiro atoms. The molecule has 0 saturated carbocycles. The number of hydrogen-bond donors (Lipinski definition) is 2. The summed E-state index contributed by atoms with van der Waals surface area (Å²) < 4.78 is 5.35. The second-order valence-electron chi connectivity index (χ2n) is 6.76. The van der Waals surface area contributed by atoms with Gasteiger partial charge in [-0.25, -0.2) is 4.99 Å². The molecule has 2 aromatic rings.